The van der Waals surface area contributed by atoms with E-state index in [0.29, 0.717) is 4.88 Å². The van der Waals surface area contributed by atoms with Gasteiger partial charge < -0.3 is 4.74 Å². The molecule has 1 aromatic heterocycles. The number of carbonyl (C=O) groups is 1. The first-order valence-corrected chi connectivity index (χ1v) is 6.36. The van der Waals surface area contributed by atoms with E-state index in [-0.39, 0.29) is 17.1 Å². The average Bonchev–Trinajstić information content (AvgIpc) is 2.94. The zero-order valence-electron chi connectivity index (χ0n) is 10.1. The van der Waals surface area contributed by atoms with Gasteiger partial charge in [0.1, 0.15) is 5.92 Å². The number of methoxy groups -OCH3 is 1. The van der Waals surface area contributed by atoms with Gasteiger partial charge >= 0.3 is 0 Å². The van der Waals surface area contributed by atoms with Crippen LogP contribution in [0.2, 0.25) is 0 Å². The van der Waals surface area contributed by atoms with E-state index in [4.69, 9.17) is 10.00 Å². The lowest BCUT2D eigenvalue weighted by atomic mass is 9.97. The molecule has 2 aromatic rings. The van der Waals surface area contributed by atoms with Crippen molar-refractivity contribution < 1.29 is 13.9 Å². The number of benzene rings is 1. The van der Waals surface area contributed by atoms with Gasteiger partial charge in [-0.1, -0.05) is 6.07 Å². The minimum Gasteiger partial charge on any atom is -0.494 e. The van der Waals surface area contributed by atoms with Crippen LogP contribution in [0.25, 0.3) is 0 Å². The van der Waals surface area contributed by atoms with Crippen molar-refractivity contribution in [2.75, 3.05) is 7.11 Å². The first kappa shape index (κ1) is 13.2. The lowest BCUT2D eigenvalue weighted by Gasteiger charge is -2.08. The molecule has 19 heavy (non-hydrogen) atoms. The Hall–Kier alpha value is -2.19. The quantitative estimate of drug-likeness (QED) is 0.804. The Morgan fingerprint density at radius 2 is 2.26 bits per heavy atom. The summed E-state index contributed by atoms with van der Waals surface area (Å²) in [5.41, 5.74) is 0.262. The maximum absolute atomic E-state index is 13.3. The van der Waals surface area contributed by atoms with E-state index in [1.54, 1.807) is 17.5 Å². The molecule has 0 radical (unpaired) electrons. The fourth-order valence-corrected chi connectivity index (χ4v) is 2.45. The van der Waals surface area contributed by atoms with E-state index < -0.39 is 11.7 Å². The number of thiophene rings is 1. The molecule has 1 unspecified atom stereocenters. The van der Waals surface area contributed by atoms with Gasteiger partial charge in [0.2, 0.25) is 0 Å². The lowest BCUT2D eigenvalue weighted by Crippen LogP contribution is -2.10. The molecular weight excluding hydrogens is 265 g/mol. The standard InChI is InChI=1S/C14H10FNO2S/c1-18-12-7-9(4-5-11(12)15)14(17)10(8-16)13-3-2-6-19-13/h2-7,10H,1H3. The first-order valence-electron chi connectivity index (χ1n) is 5.48. The fourth-order valence-electron chi connectivity index (χ4n) is 1.69. The Kier molecular flexibility index (Phi) is 3.93. The van der Waals surface area contributed by atoms with E-state index in [2.05, 4.69) is 0 Å². The number of ketones is 1. The minimum atomic E-state index is -0.866. The highest BCUT2D eigenvalue weighted by Gasteiger charge is 2.23. The predicted octanol–water partition coefficient (Wildman–Crippen LogP) is 3.39. The predicted molar refractivity (Wildman–Crippen MR) is 70.0 cm³/mol. The summed E-state index contributed by atoms with van der Waals surface area (Å²) < 4.78 is 18.1. The van der Waals surface area contributed by atoms with E-state index in [9.17, 15) is 9.18 Å². The molecule has 2 rings (SSSR count). The molecule has 0 spiro atoms. The monoisotopic (exact) mass is 275 g/mol. The normalized spacial score (nSPS) is 11.6. The third kappa shape index (κ3) is 2.64. The average molecular weight is 275 g/mol. The maximum Gasteiger partial charge on any atom is 0.185 e. The number of carbonyl (C=O) groups excluding carboxylic acids is 1. The van der Waals surface area contributed by atoms with Crippen LogP contribution in [0.4, 0.5) is 4.39 Å². The Bertz CT molecular complexity index is 631. The van der Waals surface area contributed by atoms with Crippen molar-refractivity contribution in [2.24, 2.45) is 0 Å². The molecule has 1 aromatic carbocycles. The smallest absolute Gasteiger partial charge is 0.185 e. The van der Waals surface area contributed by atoms with Crippen LogP contribution in [-0.4, -0.2) is 12.9 Å². The van der Waals surface area contributed by atoms with Crippen molar-refractivity contribution in [3.8, 4) is 11.8 Å². The van der Waals surface area contributed by atoms with Crippen molar-refractivity contribution >= 4 is 17.1 Å². The molecule has 0 aliphatic rings. The Morgan fingerprint density at radius 3 is 2.84 bits per heavy atom. The van der Waals surface area contributed by atoms with Crippen molar-refractivity contribution in [1.29, 1.82) is 5.26 Å². The third-order valence-electron chi connectivity index (χ3n) is 2.65. The van der Waals surface area contributed by atoms with Crippen molar-refractivity contribution in [3.63, 3.8) is 0 Å². The van der Waals surface area contributed by atoms with Crippen LogP contribution >= 0.6 is 11.3 Å². The van der Waals surface area contributed by atoms with E-state index in [1.165, 1.54) is 30.6 Å². The Labute approximate surface area is 113 Å². The number of Topliss-reactive ketones (excluding diaryl/α,β-unsaturated/α-hetero) is 1. The van der Waals surface area contributed by atoms with Gasteiger partial charge in [0, 0.05) is 10.4 Å². The molecule has 0 N–H and O–H groups in total. The Morgan fingerprint density at radius 1 is 1.47 bits per heavy atom. The van der Waals surface area contributed by atoms with Gasteiger partial charge in [-0.15, -0.1) is 11.3 Å². The second-order valence-electron chi connectivity index (χ2n) is 3.79. The van der Waals surface area contributed by atoms with Crippen LogP contribution in [-0.2, 0) is 0 Å². The second kappa shape index (κ2) is 5.63. The van der Waals surface area contributed by atoms with Crippen LogP contribution in [0.5, 0.6) is 5.75 Å². The summed E-state index contributed by atoms with van der Waals surface area (Å²) in [5, 5.41) is 10.9. The van der Waals surface area contributed by atoms with Gasteiger partial charge in [-0.3, -0.25) is 4.79 Å². The SMILES string of the molecule is COc1cc(C(=O)C(C#N)c2cccs2)ccc1F. The highest BCUT2D eigenvalue weighted by atomic mass is 32.1. The maximum atomic E-state index is 13.3. The molecule has 0 bridgehead atoms. The van der Waals surface area contributed by atoms with Gasteiger partial charge in [-0.05, 0) is 29.6 Å². The largest absolute Gasteiger partial charge is 0.494 e. The molecule has 96 valence electrons. The van der Waals surface area contributed by atoms with Gasteiger partial charge in [-0.2, -0.15) is 5.26 Å². The van der Waals surface area contributed by atoms with E-state index in [1.807, 2.05) is 6.07 Å². The fraction of sp³-hybridized carbons (Fsp3) is 0.143. The molecule has 0 saturated heterocycles. The number of ether oxygens (including phenoxy) is 1. The van der Waals surface area contributed by atoms with Crippen LogP contribution in [0.3, 0.4) is 0 Å². The molecule has 3 nitrogen and oxygen atoms in total. The van der Waals surface area contributed by atoms with Crippen LogP contribution in [0, 0.1) is 17.1 Å². The zero-order chi connectivity index (χ0) is 13.8. The molecule has 0 amide bonds. The van der Waals surface area contributed by atoms with Gasteiger partial charge in [0.25, 0.3) is 0 Å². The number of rotatable bonds is 4. The highest BCUT2D eigenvalue weighted by Crippen LogP contribution is 2.27. The lowest BCUT2D eigenvalue weighted by molar-refractivity contribution is 0.0979. The third-order valence-corrected chi connectivity index (χ3v) is 3.59. The van der Waals surface area contributed by atoms with E-state index in [0.717, 1.165) is 6.07 Å². The summed E-state index contributed by atoms with van der Waals surface area (Å²) in [7, 11) is 1.33. The molecular formula is C14H10FNO2S. The van der Waals surface area contributed by atoms with Crippen LogP contribution < -0.4 is 4.74 Å². The van der Waals surface area contributed by atoms with Gasteiger partial charge in [-0.25, -0.2) is 4.39 Å². The minimum absolute atomic E-state index is 0.00582. The van der Waals surface area contributed by atoms with Crippen molar-refractivity contribution in [3.05, 3.63) is 52.0 Å². The molecule has 1 atom stereocenters. The summed E-state index contributed by atoms with van der Waals surface area (Å²) >= 11 is 1.34. The summed E-state index contributed by atoms with van der Waals surface area (Å²) in [6, 6.07) is 9.33. The van der Waals surface area contributed by atoms with Gasteiger partial charge in [0.15, 0.2) is 17.3 Å². The van der Waals surface area contributed by atoms with Crippen LogP contribution in [0.1, 0.15) is 21.2 Å². The van der Waals surface area contributed by atoms with E-state index >= 15 is 0 Å². The molecule has 0 fully saturated rings. The second-order valence-corrected chi connectivity index (χ2v) is 4.77. The molecule has 0 aliphatic heterocycles. The summed E-state index contributed by atoms with van der Waals surface area (Å²) in [6.45, 7) is 0. The van der Waals surface area contributed by atoms with Crippen molar-refractivity contribution in [1.82, 2.24) is 0 Å². The molecule has 0 saturated carbocycles. The number of nitrogens with zero attached hydrogens (tertiary/aromatic N) is 1. The number of hydrogen-bond acceptors (Lipinski definition) is 4. The first-order chi connectivity index (χ1) is 9.17. The molecule has 1 heterocycles. The zero-order valence-corrected chi connectivity index (χ0v) is 10.9. The molecule has 5 heteroatoms. The van der Waals surface area contributed by atoms with Gasteiger partial charge in [0.05, 0.1) is 13.2 Å². The van der Waals surface area contributed by atoms with Crippen LogP contribution in [0.15, 0.2) is 35.7 Å². The topological polar surface area (TPSA) is 50.1 Å². The summed E-state index contributed by atoms with van der Waals surface area (Å²) in [5.74, 6) is -1.77. The number of hydrogen-bond donors (Lipinski definition) is 0. The van der Waals surface area contributed by atoms with Crippen molar-refractivity contribution in [2.45, 2.75) is 5.92 Å². The summed E-state index contributed by atoms with van der Waals surface area (Å²) in [6.07, 6.45) is 0. The highest BCUT2D eigenvalue weighted by molar-refractivity contribution is 7.10. The number of halogens is 1. The Balaban J connectivity index is 2.36. The molecule has 0 aliphatic carbocycles. The summed E-state index contributed by atoms with van der Waals surface area (Å²) in [4.78, 5) is 12.9. The number of nitriles is 1.